The van der Waals surface area contributed by atoms with E-state index in [9.17, 15) is 4.79 Å². The second-order valence-electron chi connectivity index (χ2n) is 6.03. The van der Waals surface area contributed by atoms with E-state index in [1.54, 1.807) is 12.1 Å². The summed E-state index contributed by atoms with van der Waals surface area (Å²) in [6.07, 6.45) is -0.195. The lowest BCUT2D eigenvalue weighted by atomic mass is 9.94. The van der Waals surface area contributed by atoms with Gasteiger partial charge in [0.15, 0.2) is 0 Å². The molecule has 3 nitrogen and oxygen atoms in total. The number of carbonyl (C=O) groups excluding carboxylic acids is 1. The Balaban J connectivity index is 2.16. The lowest BCUT2D eigenvalue weighted by molar-refractivity contribution is -0.147. The van der Waals surface area contributed by atoms with E-state index < -0.39 is 0 Å². The summed E-state index contributed by atoms with van der Waals surface area (Å²) >= 11 is 12.1. The summed E-state index contributed by atoms with van der Waals surface area (Å²) < 4.78 is 5.76. The maximum absolute atomic E-state index is 12.4. The zero-order valence-corrected chi connectivity index (χ0v) is 13.5. The number of benzene rings is 1. The summed E-state index contributed by atoms with van der Waals surface area (Å²) in [5.41, 5.74) is 0.494. The number of morpholine rings is 1. The molecule has 1 aromatic carbocycles. The first-order chi connectivity index (χ1) is 9.29. The smallest absolute Gasteiger partial charge is 0.228 e. The van der Waals surface area contributed by atoms with Crippen LogP contribution in [0.1, 0.15) is 32.4 Å². The Morgan fingerprint density at radius 2 is 2.05 bits per heavy atom. The van der Waals surface area contributed by atoms with Gasteiger partial charge in [0.05, 0.1) is 13.2 Å². The van der Waals surface area contributed by atoms with Crippen LogP contribution in [0.2, 0.25) is 10.0 Å². The van der Waals surface area contributed by atoms with E-state index in [4.69, 9.17) is 27.9 Å². The van der Waals surface area contributed by atoms with Crippen molar-refractivity contribution in [3.05, 3.63) is 33.8 Å². The molecule has 1 atom stereocenters. The Bertz CT molecular complexity index is 511. The van der Waals surface area contributed by atoms with Crippen LogP contribution >= 0.6 is 23.2 Å². The van der Waals surface area contributed by atoms with Gasteiger partial charge in [0, 0.05) is 27.6 Å². The molecule has 1 saturated heterocycles. The number of ether oxygens (including phenoxy) is 1. The Kier molecular flexibility index (Phi) is 4.62. The van der Waals surface area contributed by atoms with E-state index >= 15 is 0 Å². The van der Waals surface area contributed by atoms with Crippen LogP contribution in [-0.2, 0) is 9.53 Å². The van der Waals surface area contributed by atoms with Gasteiger partial charge in [0.2, 0.25) is 5.91 Å². The van der Waals surface area contributed by atoms with Crippen molar-refractivity contribution >= 4 is 29.1 Å². The quantitative estimate of drug-likeness (QED) is 0.785. The molecule has 0 aromatic heterocycles. The van der Waals surface area contributed by atoms with Crippen LogP contribution in [0.15, 0.2) is 18.2 Å². The SMILES string of the molecule is CC(C)(C)C(=O)N1CCOC(c2ccc(Cl)cc2Cl)C1. The third kappa shape index (κ3) is 3.46. The van der Waals surface area contributed by atoms with Crippen LogP contribution in [-0.4, -0.2) is 30.5 Å². The van der Waals surface area contributed by atoms with Crippen molar-refractivity contribution in [2.24, 2.45) is 5.41 Å². The maximum Gasteiger partial charge on any atom is 0.228 e. The zero-order valence-electron chi connectivity index (χ0n) is 12.0. The second kappa shape index (κ2) is 5.92. The highest BCUT2D eigenvalue weighted by Crippen LogP contribution is 2.31. The van der Waals surface area contributed by atoms with E-state index in [0.717, 1.165) is 5.56 Å². The van der Waals surface area contributed by atoms with E-state index in [1.165, 1.54) is 0 Å². The second-order valence-corrected chi connectivity index (χ2v) is 6.87. The first-order valence-corrected chi connectivity index (χ1v) is 7.40. The average molecular weight is 316 g/mol. The molecule has 110 valence electrons. The maximum atomic E-state index is 12.4. The van der Waals surface area contributed by atoms with Gasteiger partial charge in [-0.15, -0.1) is 0 Å². The molecule has 1 fully saturated rings. The number of halogens is 2. The van der Waals surface area contributed by atoms with Crippen LogP contribution < -0.4 is 0 Å². The Morgan fingerprint density at radius 3 is 2.65 bits per heavy atom. The molecule has 1 heterocycles. The summed E-state index contributed by atoms with van der Waals surface area (Å²) in [7, 11) is 0. The number of hydrogen-bond acceptors (Lipinski definition) is 2. The van der Waals surface area contributed by atoms with Gasteiger partial charge in [0.1, 0.15) is 6.10 Å². The van der Waals surface area contributed by atoms with E-state index in [-0.39, 0.29) is 17.4 Å². The van der Waals surface area contributed by atoms with Gasteiger partial charge in [-0.25, -0.2) is 0 Å². The Hall–Kier alpha value is -0.770. The van der Waals surface area contributed by atoms with Crippen molar-refractivity contribution in [1.29, 1.82) is 0 Å². The highest BCUT2D eigenvalue weighted by atomic mass is 35.5. The molecule has 0 bridgehead atoms. The highest BCUT2D eigenvalue weighted by Gasteiger charge is 2.32. The summed E-state index contributed by atoms with van der Waals surface area (Å²) in [5.74, 6) is 0.135. The molecule has 0 spiro atoms. The first kappa shape index (κ1) is 15.6. The normalized spacial score (nSPS) is 20.1. The van der Waals surface area contributed by atoms with E-state index in [0.29, 0.717) is 29.7 Å². The number of rotatable bonds is 1. The van der Waals surface area contributed by atoms with Crippen molar-refractivity contribution in [1.82, 2.24) is 4.90 Å². The summed E-state index contributed by atoms with van der Waals surface area (Å²) in [4.78, 5) is 14.2. The predicted molar refractivity (Wildman–Crippen MR) is 81.2 cm³/mol. The highest BCUT2D eigenvalue weighted by molar-refractivity contribution is 6.35. The molecule has 1 aliphatic heterocycles. The number of nitrogens with zero attached hydrogens (tertiary/aromatic N) is 1. The minimum atomic E-state index is -0.383. The molecule has 2 rings (SSSR count). The van der Waals surface area contributed by atoms with Crippen LogP contribution in [0, 0.1) is 5.41 Å². The zero-order chi connectivity index (χ0) is 14.9. The van der Waals surface area contributed by atoms with Crippen LogP contribution in [0.4, 0.5) is 0 Å². The van der Waals surface area contributed by atoms with E-state index in [1.807, 2.05) is 31.7 Å². The molecular formula is C15H19Cl2NO2. The third-order valence-electron chi connectivity index (χ3n) is 3.30. The van der Waals surface area contributed by atoms with Crippen molar-refractivity contribution in [3.8, 4) is 0 Å². The Labute approximate surface area is 129 Å². The number of amides is 1. The lowest BCUT2D eigenvalue weighted by Crippen LogP contribution is -2.46. The average Bonchev–Trinajstić information content (AvgIpc) is 2.37. The fraction of sp³-hybridized carbons (Fsp3) is 0.533. The van der Waals surface area contributed by atoms with Crippen molar-refractivity contribution in [2.75, 3.05) is 19.7 Å². The minimum Gasteiger partial charge on any atom is -0.370 e. The van der Waals surface area contributed by atoms with Crippen molar-refractivity contribution < 1.29 is 9.53 Å². The van der Waals surface area contributed by atoms with Gasteiger partial charge in [-0.1, -0.05) is 50.0 Å². The first-order valence-electron chi connectivity index (χ1n) is 6.65. The monoisotopic (exact) mass is 315 g/mol. The molecule has 0 saturated carbocycles. The molecule has 20 heavy (non-hydrogen) atoms. The molecule has 0 aliphatic carbocycles. The molecule has 5 heteroatoms. The van der Waals surface area contributed by atoms with Gasteiger partial charge < -0.3 is 9.64 Å². The third-order valence-corrected chi connectivity index (χ3v) is 3.87. The summed E-state index contributed by atoms with van der Waals surface area (Å²) in [5, 5.41) is 1.17. The van der Waals surface area contributed by atoms with Crippen LogP contribution in [0.3, 0.4) is 0 Å². The predicted octanol–water partition coefficient (Wildman–Crippen LogP) is 3.94. The molecular weight excluding hydrogens is 297 g/mol. The topological polar surface area (TPSA) is 29.5 Å². The van der Waals surface area contributed by atoms with Crippen molar-refractivity contribution in [2.45, 2.75) is 26.9 Å². The van der Waals surface area contributed by atoms with Crippen LogP contribution in [0.25, 0.3) is 0 Å². The van der Waals surface area contributed by atoms with Gasteiger partial charge >= 0.3 is 0 Å². The molecule has 1 aromatic rings. The summed E-state index contributed by atoms with van der Waals surface area (Å²) in [6, 6.07) is 5.35. The molecule has 0 N–H and O–H groups in total. The van der Waals surface area contributed by atoms with Gasteiger partial charge in [-0.05, 0) is 12.1 Å². The fourth-order valence-electron chi connectivity index (χ4n) is 2.26. The number of carbonyl (C=O) groups is 1. The summed E-state index contributed by atoms with van der Waals surface area (Å²) in [6.45, 7) is 7.44. The fourth-order valence-corrected chi connectivity index (χ4v) is 2.79. The van der Waals surface area contributed by atoms with Gasteiger partial charge in [0.25, 0.3) is 0 Å². The molecule has 1 amide bonds. The Morgan fingerprint density at radius 1 is 1.35 bits per heavy atom. The van der Waals surface area contributed by atoms with E-state index in [2.05, 4.69) is 0 Å². The molecule has 0 radical (unpaired) electrons. The van der Waals surface area contributed by atoms with Gasteiger partial charge in [-0.2, -0.15) is 0 Å². The van der Waals surface area contributed by atoms with Crippen molar-refractivity contribution in [3.63, 3.8) is 0 Å². The van der Waals surface area contributed by atoms with Crippen LogP contribution in [0.5, 0.6) is 0 Å². The molecule has 1 aliphatic rings. The minimum absolute atomic E-state index is 0.135. The standard InChI is InChI=1S/C15H19Cl2NO2/c1-15(2,3)14(19)18-6-7-20-13(9-18)11-5-4-10(16)8-12(11)17/h4-5,8,13H,6-7,9H2,1-3H3. The number of hydrogen-bond donors (Lipinski definition) is 0. The van der Waals surface area contributed by atoms with Gasteiger partial charge in [-0.3, -0.25) is 4.79 Å². The lowest BCUT2D eigenvalue weighted by Gasteiger charge is -2.36. The molecule has 1 unspecified atom stereocenters. The largest absolute Gasteiger partial charge is 0.370 e.